The number of rotatable bonds is 6. The van der Waals surface area contributed by atoms with Crippen molar-refractivity contribution in [3.8, 4) is 5.75 Å². The van der Waals surface area contributed by atoms with Crippen LogP contribution in [0.2, 0.25) is 0 Å². The highest BCUT2D eigenvalue weighted by atomic mass is 16.5. The van der Waals surface area contributed by atoms with Crippen LogP contribution in [-0.2, 0) is 6.42 Å². The van der Waals surface area contributed by atoms with Crippen LogP contribution in [0, 0.1) is 20.8 Å². The Morgan fingerprint density at radius 2 is 1.69 bits per heavy atom. The SMILES string of the molecule is CCc1cc(C)cc2cc(C)c(NNc3cc(C)c(N)cc3OC)c(C(C)C)c12. The third-order valence-corrected chi connectivity index (χ3v) is 5.57. The van der Waals surface area contributed by atoms with Gasteiger partial charge in [-0.3, -0.25) is 5.43 Å². The molecule has 0 amide bonds. The van der Waals surface area contributed by atoms with Crippen molar-refractivity contribution in [2.24, 2.45) is 0 Å². The van der Waals surface area contributed by atoms with E-state index in [2.05, 4.69) is 63.7 Å². The van der Waals surface area contributed by atoms with Crippen molar-refractivity contribution in [2.75, 3.05) is 23.7 Å². The molecule has 4 nitrogen and oxygen atoms in total. The fourth-order valence-electron chi connectivity index (χ4n) is 4.10. The van der Waals surface area contributed by atoms with Crippen LogP contribution in [0.25, 0.3) is 10.8 Å². The van der Waals surface area contributed by atoms with E-state index >= 15 is 0 Å². The standard InChI is InChI=1S/C25H33N3O/c1-8-18-9-15(4)10-19-11-17(6)25(23(14(2)3)24(18)19)28-27-21-12-16(5)20(26)13-22(21)29-7/h9-14,27-28H,8,26H2,1-7H3. The molecule has 0 aliphatic carbocycles. The Bertz CT molecular complexity index is 1050. The van der Waals surface area contributed by atoms with E-state index in [4.69, 9.17) is 10.5 Å². The highest BCUT2D eigenvalue weighted by Crippen LogP contribution is 2.38. The molecule has 4 heteroatoms. The molecule has 29 heavy (non-hydrogen) atoms. The largest absolute Gasteiger partial charge is 0.494 e. The molecule has 0 saturated heterocycles. The molecule has 3 aromatic carbocycles. The van der Waals surface area contributed by atoms with Crippen LogP contribution >= 0.6 is 0 Å². The van der Waals surface area contributed by atoms with E-state index in [0.29, 0.717) is 5.92 Å². The van der Waals surface area contributed by atoms with E-state index in [-0.39, 0.29) is 0 Å². The molecule has 4 N–H and O–H groups in total. The van der Waals surface area contributed by atoms with Gasteiger partial charge in [0.25, 0.3) is 0 Å². The smallest absolute Gasteiger partial charge is 0.145 e. The van der Waals surface area contributed by atoms with Crippen LogP contribution in [0.4, 0.5) is 17.1 Å². The minimum Gasteiger partial charge on any atom is -0.494 e. The van der Waals surface area contributed by atoms with E-state index in [1.807, 2.05) is 19.1 Å². The van der Waals surface area contributed by atoms with Gasteiger partial charge in [-0.05, 0) is 78.3 Å². The molecule has 0 unspecified atom stereocenters. The summed E-state index contributed by atoms with van der Waals surface area (Å²) in [5, 5.41) is 2.68. The lowest BCUT2D eigenvalue weighted by Gasteiger charge is -2.24. The molecule has 0 atom stereocenters. The van der Waals surface area contributed by atoms with Crippen LogP contribution in [0.15, 0.2) is 30.3 Å². The zero-order chi connectivity index (χ0) is 21.3. The molecule has 0 bridgehead atoms. The van der Waals surface area contributed by atoms with Crippen molar-refractivity contribution in [1.82, 2.24) is 0 Å². The van der Waals surface area contributed by atoms with Crippen molar-refractivity contribution in [3.63, 3.8) is 0 Å². The van der Waals surface area contributed by atoms with Crippen LogP contribution < -0.4 is 21.3 Å². The number of hydrogen-bond acceptors (Lipinski definition) is 4. The van der Waals surface area contributed by atoms with Crippen LogP contribution in [0.5, 0.6) is 5.75 Å². The molecule has 0 spiro atoms. The Balaban J connectivity index is 2.13. The second-order valence-corrected chi connectivity index (χ2v) is 8.17. The summed E-state index contributed by atoms with van der Waals surface area (Å²) in [5.41, 5.74) is 21.9. The van der Waals surface area contributed by atoms with Crippen molar-refractivity contribution in [2.45, 2.75) is 53.9 Å². The lowest BCUT2D eigenvalue weighted by Crippen LogP contribution is -2.14. The Labute approximate surface area is 174 Å². The lowest BCUT2D eigenvalue weighted by atomic mass is 9.87. The summed E-state index contributed by atoms with van der Waals surface area (Å²) in [6.07, 6.45) is 1.01. The summed E-state index contributed by atoms with van der Waals surface area (Å²) in [5.74, 6) is 1.10. The first-order chi connectivity index (χ1) is 13.8. The Hall–Kier alpha value is -2.88. The van der Waals surface area contributed by atoms with Crippen molar-refractivity contribution in [1.29, 1.82) is 0 Å². The number of fused-ring (bicyclic) bond motifs is 1. The average Bonchev–Trinajstić information content (AvgIpc) is 2.67. The number of hydrogen-bond donors (Lipinski definition) is 3. The maximum absolute atomic E-state index is 6.04. The summed E-state index contributed by atoms with van der Waals surface area (Å²) in [4.78, 5) is 0. The van der Waals surface area contributed by atoms with Crippen LogP contribution in [-0.4, -0.2) is 7.11 Å². The fraction of sp³-hybridized carbons (Fsp3) is 0.360. The minimum atomic E-state index is 0.379. The van der Waals surface area contributed by atoms with Crippen molar-refractivity contribution < 1.29 is 4.74 Å². The van der Waals surface area contributed by atoms with Gasteiger partial charge in [0.05, 0.1) is 18.5 Å². The first-order valence-corrected chi connectivity index (χ1v) is 10.3. The summed E-state index contributed by atoms with van der Waals surface area (Å²) < 4.78 is 5.51. The van der Waals surface area contributed by atoms with Gasteiger partial charge in [-0.1, -0.05) is 38.5 Å². The first kappa shape index (κ1) is 20.8. The monoisotopic (exact) mass is 391 g/mol. The van der Waals surface area contributed by atoms with Gasteiger partial charge >= 0.3 is 0 Å². The van der Waals surface area contributed by atoms with Gasteiger partial charge in [-0.25, -0.2) is 0 Å². The van der Waals surface area contributed by atoms with Gasteiger partial charge in [-0.2, -0.15) is 0 Å². The van der Waals surface area contributed by atoms with E-state index in [1.165, 1.54) is 33.0 Å². The predicted octanol–water partition coefficient (Wildman–Crippen LogP) is 6.48. The number of anilines is 3. The molecule has 3 aromatic rings. The van der Waals surface area contributed by atoms with Gasteiger partial charge in [0.1, 0.15) is 5.75 Å². The van der Waals surface area contributed by atoms with E-state index in [0.717, 1.165) is 34.8 Å². The van der Waals surface area contributed by atoms with E-state index < -0.39 is 0 Å². The predicted molar refractivity (Wildman–Crippen MR) is 126 cm³/mol. The maximum Gasteiger partial charge on any atom is 0.145 e. The quantitative estimate of drug-likeness (QED) is 0.332. The lowest BCUT2D eigenvalue weighted by molar-refractivity contribution is 0.417. The Morgan fingerprint density at radius 1 is 0.966 bits per heavy atom. The zero-order valence-electron chi connectivity index (χ0n) is 18.7. The second kappa shape index (κ2) is 8.24. The van der Waals surface area contributed by atoms with Crippen molar-refractivity contribution in [3.05, 3.63) is 58.1 Å². The van der Waals surface area contributed by atoms with Gasteiger partial charge in [0, 0.05) is 11.8 Å². The van der Waals surface area contributed by atoms with Gasteiger partial charge in [-0.15, -0.1) is 0 Å². The average molecular weight is 392 g/mol. The van der Waals surface area contributed by atoms with E-state index in [1.54, 1.807) is 7.11 Å². The highest BCUT2D eigenvalue weighted by molar-refractivity contribution is 5.95. The van der Waals surface area contributed by atoms with Crippen molar-refractivity contribution >= 4 is 27.8 Å². The third kappa shape index (κ3) is 3.98. The number of ether oxygens (including phenoxy) is 1. The number of hydrazine groups is 1. The molecular weight excluding hydrogens is 358 g/mol. The zero-order valence-corrected chi connectivity index (χ0v) is 18.7. The summed E-state index contributed by atoms with van der Waals surface area (Å²) in [6, 6.07) is 10.7. The molecule has 0 saturated carbocycles. The third-order valence-electron chi connectivity index (χ3n) is 5.57. The molecule has 0 aliphatic rings. The molecule has 0 heterocycles. The first-order valence-electron chi connectivity index (χ1n) is 10.3. The van der Waals surface area contributed by atoms with Gasteiger partial charge in [0.15, 0.2) is 0 Å². The molecule has 0 radical (unpaired) electrons. The number of methoxy groups -OCH3 is 1. The van der Waals surface area contributed by atoms with Gasteiger partial charge in [0.2, 0.25) is 0 Å². The number of aryl methyl sites for hydroxylation is 4. The summed E-state index contributed by atoms with van der Waals surface area (Å²) >= 11 is 0. The van der Waals surface area contributed by atoms with Crippen LogP contribution in [0.1, 0.15) is 54.5 Å². The molecule has 3 rings (SSSR count). The molecule has 0 fully saturated rings. The number of nitrogens with two attached hydrogens (primary N) is 1. The number of nitrogen functional groups attached to an aromatic ring is 1. The summed E-state index contributed by atoms with van der Waals surface area (Å²) in [7, 11) is 1.66. The fourth-order valence-corrected chi connectivity index (χ4v) is 4.10. The molecular formula is C25H33N3O. The second-order valence-electron chi connectivity index (χ2n) is 8.17. The van der Waals surface area contributed by atoms with Crippen LogP contribution in [0.3, 0.4) is 0 Å². The normalized spacial score (nSPS) is 11.2. The molecule has 0 aliphatic heterocycles. The number of nitrogens with one attached hydrogen (secondary N) is 2. The topological polar surface area (TPSA) is 59.3 Å². The van der Waals surface area contributed by atoms with Gasteiger partial charge < -0.3 is 15.9 Å². The maximum atomic E-state index is 6.04. The number of benzene rings is 3. The Kier molecular flexibility index (Phi) is 5.92. The summed E-state index contributed by atoms with van der Waals surface area (Å²) in [6.45, 7) is 13.1. The minimum absolute atomic E-state index is 0.379. The molecule has 154 valence electrons. The Morgan fingerprint density at radius 3 is 2.31 bits per heavy atom. The highest BCUT2D eigenvalue weighted by Gasteiger charge is 2.17. The van der Waals surface area contributed by atoms with E-state index in [9.17, 15) is 0 Å². The molecule has 0 aromatic heterocycles.